The van der Waals surface area contributed by atoms with E-state index in [1.807, 2.05) is 13.0 Å². The molecule has 0 fully saturated rings. The van der Waals surface area contributed by atoms with Gasteiger partial charge < -0.3 is 5.32 Å². The second-order valence-corrected chi connectivity index (χ2v) is 6.77. The van der Waals surface area contributed by atoms with Gasteiger partial charge in [-0.05, 0) is 25.1 Å². The third kappa shape index (κ3) is 3.11. The van der Waals surface area contributed by atoms with Crippen LogP contribution in [0.5, 0.6) is 0 Å². The maximum Gasteiger partial charge on any atom is 0.252 e. The zero-order valence-corrected chi connectivity index (χ0v) is 15.8. The number of aromatic nitrogens is 7. The molecule has 130 valence electrons. The first kappa shape index (κ1) is 16.8. The normalized spacial score (nSPS) is 12.3. The monoisotopic (exact) mass is 430 g/mol. The standard InChI is InChI=1S/C16H12BrClN8/c1-9(15-23-8-24-26(15)16-19-3-2-4-20-16)25-14-11-5-10(17)6-12(18)13(11)21-7-22-14/h2-9H,1H3,(H,21,22,25). The van der Waals surface area contributed by atoms with Gasteiger partial charge in [0.2, 0.25) is 0 Å². The lowest BCUT2D eigenvalue weighted by atomic mass is 10.2. The highest BCUT2D eigenvalue weighted by Crippen LogP contribution is 2.31. The average Bonchev–Trinajstić information content (AvgIpc) is 3.13. The lowest BCUT2D eigenvalue weighted by Crippen LogP contribution is -2.16. The molecule has 0 saturated heterocycles. The molecule has 1 unspecified atom stereocenters. The molecule has 3 heterocycles. The molecule has 26 heavy (non-hydrogen) atoms. The van der Waals surface area contributed by atoms with Gasteiger partial charge in [0.05, 0.1) is 16.6 Å². The summed E-state index contributed by atoms with van der Waals surface area (Å²) in [5, 5.41) is 8.92. The molecule has 1 atom stereocenters. The van der Waals surface area contributed by atoms with Crippen LogP contribution in [-0.2, 0) is 0 Å². The van der Waals surface area contributed by atoms with E-state index < -0.39 is 0 Å². The number of rotatable bonds is 4. The van der Waals surface area contributed by atoms with Crippen LogP contribution in [0.2, 0.25) is 5.02 Å². The van der Waals surface area contributed by atoms with E-state index in [2.05, 4.69) is 51.3 Å². The third-order valence-corrected chi connectivity index (χ3v) is 4.46. The largest absolute Gasteiger partial charge is 0.360 e. The molecule has 0 bridgehead atoms. The number of fused-ring (bicyclic) bond motifs is 1. The average molecular weight is 432 g/mol. The van der Waals surface area contributed by atoms with Crippen molar-refractivity contribution in [3.8, 4) is 5.95 Å². The van der Waals surface area contributed by atoms with Crippen molar-refractivity contribution in [2.45, 2.75) is 13.0 Å². The number of hydrogen-bond donors (Lipinski definition) is 1. The molecule has 1 aromatic carbocycles. The summed E-state index contributed by atoms with van der Waals surface area (Å²) in [6, 6.07) is 5.25. The number of halogens is 2. The molecule has 0 aliphatic rings. The molecule has 10 heteroatoms. The zero-order valence-electron chi connectivity index (χ0n) is 13.5. The van der Waals surface area contributed by atoms with Crippen molar-refractivity contribution >= 4 is 44.3 Å². The smallest absolute Gasteiger partial charge is 0.252 e. The number of anilines is 1. The van der Waals surface area contributed by atoms with Crippen LogP contribution >= 0.6 is 27.5 Å². The molecule has 1 N–H and O–H groups in total. The molecule has 0 saturated carbocycles. The van der Waals surface area contributed by atoms with Crippen LogP contribution in [0.25, 0.3) is 16.9 Å². The van der Waals surface area contributed by atoms with Crippen molar-refractivity contribution < 1.29 is 0 Å². The molecular formula is C16H12BrClN8. The fourth-order valence-corrected chi connectivity index (χ4v) is 3.43. The van der Waals surface area contributed by atoms with Crippen molar-refractivity contribution in [1.82, 2.24) is 34.7 Å². The van der Waals surface area contributed by atoms with Gasteiger partial charge in [-0.15, -0.1) is 0 Å². The van der Waals surface area contributed by atoms with E-state index in [9.17, 15) is 0 Å². The van der Waals surface area contributed by atoms with E-state index in [0.29, 0.717) is 28.1 Å². The van der Waals surface area contributed by atoms with E-state index >= 15 is 0 Å². The minimum absolute atomic E-state index is 0.211. The highest BCUT2D eigenvalue weighted by molar-refractivity contribution is 9.10. The quantitative estimate of drug-likeness (QED) is 0.527. The number of benzene rings is 1. The van der Waals surface area contributed by atoms with Crippen molar-refractivity contribution in [1.29, 1.82) is 0 Å². The SMILES string of the molecule is CC(Nc1ncnc2c(Cl)cc(Br)cc12)c1ncnn1-c1ncccn1. The minimum Gasteiger partial charge on any atom is -0.360 e. The predicted octanol–water partition coefficient (Wildman–Crippen LogP) is 3.59. The van der Waals surface area contributed by atoms with Gasteiger partial charge in [0.25, 0.3) is 5.95 Å². The Kier molecular flexibility index (Phi) is 4.48. The van der Waals surface area contributed by atoms with Crippen LogP contribution < -0.4 is 5.32 Å². The summed E-state index contributed by atoms with van der Waals surface area (Å²) in [5.41, 5.74) is 0.674. The summed E-state index contributed by atoms with van der Waals surface area (Å²) in [6.07, 6.45) is 6.25. The Bertz CT molecular complexity index is 1070. The van der Waals surface area contributed by atoms with E-state index in [1.54, 1.807) is 29.2 Å². The summed E-state index contributed by atoms with van der Waals surface area (Å²) < 4.78 is 2.44. The Labute approximate surface area is 161 Å². The second-order valence-electron chi connectivity index (χ2n) is 5.45. The van der Waals surface area contributed by atoms with Gasteiger partial charge in [0, 0.05) is 22.3 Å². The molecule has 3 aromatic heterocycles. The first-order valence-electron chi connectivity index (χ1n) is 7.67. The van der Waals surface area contributed by atoms with Crippen LogP contribution in [0.4, 0.5) is 5.82 Å². The van der Waals surface area contributed by atoms with Gasteiger partial charge in [0.1, 0.15) is 18.5 Å². The predicted molar refractivity (Wildman–Crippen MR) is 101 cm³/mol. The second kappa shape index (κ2) is 6.93. The van der Waals surface area contributed by atoms with E-state index in [4.69, 9.17) is 11.6 Å². The molecule has 4 rings (SSSR count). The number of hydrogen-bond acceptors (Lipinski definition) is 7. The van der Waals surface area contributed by atoms with Crippen molar-refractivity contribution in [2.24, 2.45) is 0 Å². The van der Waals surface area contributed by atoms with E-state index in [0.717, 1.165) is 9.86 Å². The maximum atomic E-state index is 6.28. The molecule has 0 amide bonds. The fraction of sp³-hybridized carbons (Fsp3) is 0.125. The Balaban J connectivity index is 1.71. The van der Waals surface area contributed by atoms with Gasteiger partial charge in [-0.25, -0.2) is 24.9 Å². The number of nitrogens with zero attached hydrogens (tertiary/aromatic N) is 7. The lowest BCUT2D eigenvalue weighted by molar-refractivity contribution is 0.694. The number of nitrogens with one attached hydrogen (secondary N) is 1. The fourth-order valence-electron chi connectivity index (χ4n) is 2.58. The van der Waals surface area contributed by atoms with Crippen molar-refractivity contribution in [3.05, 3.63) is 58.6 Å². The molecule has 0 spiro atoms. The Morgan fingerprint density at radius 1 is 1.08 bits per heavy atom. The Morgan fingerprint density at radius 3 is 2.69 bits per heavy atom. The Morgan fingerprint density at radius 2 is 1.88 bits per heavy atom. The topological polar surface area (TPSA) is 94.3 Å². The van der Waals surface area contributed by atoms with E-state index in [-0.39, 0.29) is 6.04 Å². The first-order chi connectivity index (χ1) is 12.6. The lowest BCUT2D eigenvalue weighted by Gasteiger charge is -2.16. The Hall–Kier alpha value is -2.65. The molecular weight excluding hydrogens is 420 g/mol. The van der Waals surface area contributed by atoms with Gasteiger partial charge in [-0.2, -0.15) is 9.78 Å². The summed E-state index contributed by atoms with van der Waals surface area (Å²) in [4.78, 5) is 21.4. The molecule has 0 aliphatic carbocycles. The maximum absolute atomic E-state index is 6.28. The molecule has 0 aliphatic heterocycles. The van der Waals surface area contributed by atoms with E-state index in [1.165, 1.54) is 12.7 Å². The first-order valence-corrected chi connectivity index (χ1v) is 8.84. The highest BCUT2D eigenvalue weighted by Gasteiger charge is 2.18. The third-order valence-electron chi connectivity index (χ3n) is 3.71. The van der Waals surface area contributed by atoms with Crippen molar-refractivity contribution in [3.63, 3.8) is 0 Å². The van der Waals surface area contributed by atoms with Crippen LogP contribution in [0, 0.1) is 0 Å². The van der Waals surface area contributed by atoms with Gasteiger partial charge in [-0.1, -0.05) is 27.5 Å². The zero-order chi connectivity index (χ0) is 18.1. The van der Waals surface area contributed by atoms with Crippen LogP contribution in [0.15, 0.2) is 47.7 Å². The van der Waals surface area contributed by atoms with Gasteiger partial charge in [-0.3, -0.25) is 0 Å². The summed E-state index contributed by atoms with van der Waals surface area (Å²) in [6.45, 7) is 1.96. The molecule has 8 nitrogen and oxygen atoms in total. The molecule has 0 radical (unpaired) electrons. The van der Waals surface area contributed by atoms with Gasteiger partial charge in [0.15, 0.2) is 5.82 Å². The van der Waals surface area contributed by atoms with Crippen LogP contribution in [0.3, 0.4) is 0 Å². The van der Waals surface area contributed by atoms with Crippen LogP contribution in [0.1, 0.15) is 18.8 Å². The summed E-state index contributed by atoms with van der Waals surface area (Å²) in [5.74, 6) is 1.75. The van der Waals surface area contributed by atoms with Crippen molar-refractivity contribution in [2.75, 3.05) is 5.32 Å². The summed E-state index contributed by atoms with van der Waals surface area (Å²) >= 11 is 9.74. The minimum atomic E-state index is -0.211. The molecule has 4 aromatic rings. The van der Waals surface area contributed by atoms with Crippen LogP contribution in [-0.4, -0.2) is 34.7 Å². The van der Waals surface area contributed by atoms with Gasteiger partial charge >= 0.3 is 0 Å². The summed E-state index contributed by atoms with van der Waals surface area (Å²) in [7, 11) is 0. The highest BCUT2D eigenvalue weighted by atomic mass is 79.9.